The number of allylic oxidation sites excluding steroid dienone is 1. The smallest absolute Gasteiger partial charge is 0.365 e. The number of rotatable bonds is 5. The van der Waals surface area contributed by atoms with E-state index in [1.165, 1.54) is 4.90 Å². The number of likely N-dealkylation sites (N-methyl/N-ethyl adjacent to an activating group) is 1. The van der Waals surface area contributed by atoms with Crippen molar-refractivity contribution >= 4 is 11.7 Å². The van der Waals surface area contributed by atoms with Crippen molar-refractivity contribution in [3.63, 3.8) is 0 Å². The fourth-order valence-electron chi connectivity index (χ4n) is 2.24. The van der Waals surface area contributed by atoms with Crippen LogP contribution in [-0.4, -0.2) is 53.3 Å². The van der Waals surface area contributed by atoms with Crippen LogP contribution in [0.4, 0.5) is 13.2 Å². The Labute approximate surface area is 116 Å². The van der Waals surface area contributed by atoms with Crippen LogP contribution < -0.4 is 0 Å². The lowest BCUT2D eigenvalue weighted by Crippen LogP contribution is -2.43. The largest absolute Gasteiger partial charge is 0.454 e. The topological polar surface area (TPSA) is 40.6 Å². The minimum atomic E-state index is -4.87. The normalized spacial score (nSPS) is 19.6. The molecular formula is C13H19F3N2O2. The minimum Gasteiger partial charge on any atom is -0.365 e. The number of hydrogen-bond acceptors (Lipinski definition) is 3. The van der Waals surface area contributed by atoms with Crippen LogP contribution in [0.25, 0.3) is 0 Å². The van der Waals surface area contributed by atoms with Gasteiger partial charge in [-0.2, -0.15) is 13.2 Å². The third kappa shape index (κ3) is 3.98. The van der Waals surface area contributed by atoms with Crippen molar-refractivity contribution in [3.05, 3.63) is 12.3 Å². The summed E-state index contributed by atoms with van der Waals surface area (Å²) in [5, 5.41) is 0. The van der Waals surface area contributed by atoms with E-state index in [9.17, 15) is 22.8 Å². The number of carbonyl (C=O) groups is 2. The molecule has 0 aliphatic carbocycles. The van der Waals surface area contributed by atoms with Gasteiger partial charge in [0.05, 0.1) is 0 Å². The Balaban J connectivity index is 2.73. The number of halogens is 3. The van der Waals surface area contributed by atoms with Gasteiger partial charge in [-0.05, 0) is 26.7 Å². The van der Waals surface area contributed by atoms with E-state index in [1.54, 1.807) is 4.90 Å². The molecule has 1 atom stereocenters. The van der Waals surface area contributed by atoms with Gasteiger partial charge in [0.1, 0.15) is 6.04 Å². The van der Waals surface area contributed by atoms with Gasteiger partial charge in [-0.25, -0.2) is 0 Å². The molecule has 0 saturated carbocycles. The third-order valence-electron chi connectivity index (χ3n) is 3.35. The zero-order valence-electron chi connectivity index (χ0n) is 11.6. The summed E-state index contributed by atoms with van der Waals surface area (Å²) < 4.78 is 36.4. The van der Waals surface area contributed by atoms with Gasteiger partial charge >= 0.3 is 6.18 Å². The van der Waals surface area contributed by atoms with Gasteiger partial charge in [-0.1, -0.05) is 0 Å². The summed E-state index contributed by atoms with van der Waals surface area (Å²) >= 11 is 0. The monoisotopic (exact) mass is 292 g/mol. The van der Waals surface area contributed by atoms with E-state index in [2.05, 4.69) is 0 Å². The fraction of sp³-hybridized carbons (Fsp3) is 0.692. The molecule has 1 aliphatic rings. The van der Waals surface area contributed by atoms with Crippen LogP contribution in [0.1, 0.15) is 26.7 Å². The van der Waals surface area contributed by atoms with Crippen LogP contribution in [0.2, 0.25) is 0 Å². The lowest BCUT2D eigenvalue weighted by molar-refractivity contribution is -0.165. The van der Waals surface area contributed by atoms with Crippen LogP contribution in [-0.2, 0) is 9.59 Å². The van der Waals surface area contributed by atoms with Gasteiger partial charge in [0.2, 0.25) is 5.91 Å². The summed E-state index contributed by atoms with van der Waals surface area (Å²) in [4.78, 5) is 26.2. The quantitative estimate of drug-likeness (QED) is 0.727. The van der Waals surface area contributed by atoms with Crippen molar-refractivity contribution in [1.82, 2.24) is 9.80 Å². The molecular weight excluding hydrogens is 273 g/mol. The predicted molar refractivity (Wildman–Crippen MR) is 67.9 cm³/mol. The number of ketones is 1. The first-order chi connectivity index (χ1) is 9.31. The lowest BCUT2D eigenvalue weighted by atomic mass is 10.2. The second kappa shape index (κ2) is 6.76. The minimum absolute atomic E-state index is 0.100. The number of likely N-dealkylation sites (tertiary alicyclic amines) is 1. The van der Waals surface area contributed by atoms with Crippen molar-refractivity contribution in [2.45, 2.75) is 38.9 Å². The molecule has 1 heterocycles. The first-order valence-electron chi connectivity index (χ1n) is 6.65. The van der Waals surface area contributed by atoms with Crippen molar-refractivity contribution in [1.29, 1.82) is 0 Å². The molecule has 0 aromatic carbocycles. The Kier molecular flexibility index (Phi) is 5.59. The van der Waals surface area contributed by atoms with E-state index in [-0.39, 0.29) is 5.91 Å². The standard InChI is InChI=1S/C13H19F3N2O2/c1-3-17(4-2)12(20)10-6-5-8-18(10)9-7-11(19)13(14,15)16/h7,9-10H,3-6,8H2,1-2H3. The molecule has 1 saturated heterocycles. The molecule has 1 rings (SSSR count). The highest BCUT2D eigenvalue weighted by Crippen LogP contribution is 2.21. The van der Waals surface area contributed by atoms with Crippen molar-refractivity contribution < 1.29 is 22.8 Å². The number of hydrogen-bond donors (Lipinski definition) is 0. The van der Waals surface area contributed by atoms with E-state index in [0.717, 1.165) is 12.6 Å². The Morgan fingerprint density at radius 1 is 1.30 bits per heavy atom. The van der Waals surface area contributed by atoms with Gasteiger partial charge in [-0.3, -0.25) is 9.59 Å². The molecule has 1 fully saturated rings. The van der Waals surface area contributed by atoms with E-state index >= 15 is 0 Å². The Morgan fingerprint density at radius 2 is 1.90 bits per heavy atom. The third-order valence-corrected chi connectivity index (χ3v) is 3.35. The van der Waals surface area contributed by atoms with Gasteiger partial charge < -0.3 is 9.80 Å². The molecule has 1 unspecified atom stereocenters. The van der Waals surface area contributed by atoms with E-state index < -0.39 is 18.0 Å². The van der Waals surface area contributed by atoms with E-state index in [0.29, 0.717) is 32.1 Å². The lowest BCUT2D eigenvalue weighted by Gasteiger charge is -2.28. The SMILES string of the molecule is CCN(CC)C(=O)C1CCCN1C=CC(=O)C(F)(F)F. The van der Waals surface area contributed by atoms with Gasteiger partial charge in [0.25, 0.3) is 5.78 Å². The number of alkyl halides is 3. The van der Waals surface area contributed by atoms with Crippen LogP contribution in [0.15, 0.2) is 12.3 Å². The fourth-order valence-corrected chi connectivity index (χ4v) is 2.24. The second-order valence-electron chi connectivity index (χ2n) is 4.58. The van der Waals surface area contributed by atoms with Gasteiger partial charge in [0, 0.05) is 31.9 Å². The molecule has 0 bridgehead atoms. The summed E-state index contributed by atoms with van der Waals surface area (Å²) in [6.07, 6.45) is -1.96. The molecule has 114 valence electrons. The maximum Gasteiger partial charge on any atom is 0.454 e. The van der Waals surface area contributed by atoms with Crippen molar-refractivity contribution in [3.8, 4) is 0 Å². The maximum absolute atomic E-state index is 12.2. The van der Waals surface area contributed by atoms with Crippen LogP contribution in [0.3, 0.4) is 0 Å². The van der Waals surface area contributed by atoms with Crippen LogP contribution >= 0.6 is 0 Å². The van der Waals surface area contributed by atoms with E-state index in [4.69, 9.17) is 0 Å². The van der Waals surface area contributed by atoms with E-state index in [1.807, 2.05) is 13.8 Å². The highest BCUT2D eigenvalue weighted by molar-refractivity contribution is 5.94. The Bertz CT molecular complexity index is 390. The molecule has 20 heavy (non-hydrogen) atoms. The van der Waals surface area contributed by atoms with Crippen LogP contribution in [0, 0.1) is 0 Å². The Hall–Kier alpha value is -1.53. The first kappa shape index (κ1) is 16.5. The average Bonchev–Trinajstić information content (AvgIpc) is 2.84. The zero-order chi connectivity index (χ0) is 15.3. The highest BCUT2D eigenvalue weighted by atomic mass is 19.4. The molecule has 1 aliphatic heterocycles. The Morgan fingerprint density at radius 3 is 2.40 bits per heavy atom. The molecule has 7 heteroatoms. The summed E-state index contributed by atoms with van der Waals surface area (Å²) in [6, 6.07) is -0.466. The van der Waals surface area contributed by atoms with Crippen LogP contribution in [0.5, 0.6) is 0 Å². The molecule has 0 N–H and O–H groups in total. The molecule has 4 nitrogen and oxygen atoms in total. The van der Waals surface area contributed by atoms with Crippen molar-refractivity contribution in [2.75, 3.05) is 19.6 Å². The number of carbonyl (C=O) groups excluding carboxylic acids is 2. The van der Waals surface area contributed by atoms with Gasteiger partial charge in [-0.15, -0.1) is 0 Å². The molecule has 0 aromatic rings. The maximum atomic E-state index is 12.2. The highest BCUT2D eigenvalue weighted by Gasteiger charge is 2.37. The average molecular weight is 292 g/mol. The molecule has 0 aromatic heterocycles. The van der Waals surface area contributed by atoms with Crippen molar-refractivity contribution in [2.24, 2.45) is 0 Å². The number of amides is 1. The molecule has 1 amide bonds. The second-order valence-corrected chi connectivity index (χ2v) is 4.58. The molecule has 0 radical (unpaired) electrons. The van der Waals surface area contributed by atoms with Gasteiger partial charge in [0.15, 0.2) is 0 Å². The summed E-state index contributed by atoms with van der Waals surface area (Å²) in [5.74, 6) is -2.00. The summed E-state index contributed by atoms with van der Waals surface area (Å²) in [7, 11) is 0. The summed E-state index contributed by atoms with van der Waals surface area (Å²) in [5.41, 5.74) is 0. The first-order valence-corrected chi connectivity index (χ1v) is 6.65. The zero-order valence-corrected chi connectivity index (χ0v) is 11.6. The predicted octanol–water partition coefficient (Wildman–Crippen LogP) is 1.96. The molecule has 0 spiro atoms. The number of nitrogens with zero attached hydrogens (tertiary/aromatic N) is 2. The summed E-state index contributed by atoms with van der Waals surface area (Å²) in [6.45, 7) is 5.31.